The second kappa shape index (κ2) is 10.6. The quantitative estimate of drug-likeness (QED) is 0.453. The first-order valence-corrected chi connectivity index (χ1v) is 11.0. The van der Waals surface area contributed by atoms with Gasteiger partial charge in [-0.3, -0.25) is 4.90 Å². The third kappa shape index (κ3) is 5.76. The molecule has 0 spiro atoms. The lowest BCUT2D eigenvalue weighted by Crippen LogP contribution is -2.36. The Kier molecular flexibility index (Phi) is 7.91. The number of hydrogen-bond acceptors (Lipinski definition) is 3. The fourth-order valence-electron chi connectivity index (χ4n) is 4.23. The van der Waals surface area contributed by atoms with Crippen LogP contribution in [0, 0.1) is 5.82 Å². The number of ether oxygens (including phenoxy) is 2. The van der Waals surface area contributed by atoms with Crippen molar-refractivity contribution in [3.05, 3.63) is 82.2 Å². The average Bonchev–Trinajstić information content (AvgIpc) is 2.75. The number of hydrogen-bond donors (Lipinski definition) is 0. The molecule has 0 N–H and O–H groups in total. The van der Waals surface area contributed by atoms with Gasteiger partial charge in [-0.2, -0.15) is 0 Å². The van der Waals surface area contributed by atoms with Crippen molar-refractivity contribution in [3.63, 3.8) is 0 Å². The second-order valence-corrected chi connectivity index (χ2v) is 8.48. The third-order valence-corrected chi connectivity index (χ3v) is 5.90. The van der Waals surface area contributed by atoms with Gasteiger partial charge in [-0.05, 0) is 81.0 Å². The maximum Gasteiger partial charge on any atom is 0.161 e. The van der Waals surface area contributed by atoms with Crippen LogP contribution in [0.3, 0.4) is 0 Å². The molecule has 0 aliphatic carbocycles. The van der Waals surface area contributed by atoms with Gasteiger partial charge in [0.2, 0.25) is 0 Å². The van der Waals surface area contributed by atoms with Gasteiger partial charge in [-0.1, -0.05) is 35.4 Å². The monoisotopic (exact) mass is 423 g/mol. The summed E-state index contributed by atoms with van der Waals surface area (Å²) in [7, 11) is 3.31. The zero-order valence-electron chi connectivity index (χ0n) is 19.4. The summed E-state index contributed by atoms with van der Waals surface area (Å²) in [4.78, 5) is 2.42. The summed E-state index contributed by atoms with van der Waals surface area (Å²) in [6.07, 6.45) is 7.65. The van der Waals surface area contributed by atoms with Crippen molar-refractivity contribution < 1.29 is 13.9 Å². The molecule has 166 valence electrons. The van der Waals surface area contributed by atoms with Gasteiger partial charge < -0.3 is 9.47 Å². The van der Waals surface area contributed by atoms with E-state index in [1.54, 1.807) is 26.4 Å². The Morgan fingerprint density at radius 1 is 1.06 bits per heavy atom. The van der Waals surface area contributed by atoms with Crippen LogP contribution in [0.15, 0.2) is 59.7 Å². The number of allylic oxidation sites excluding steroid dienone is 3. The molecule has 0 saturated carbocycles. The van der Waals surface area contributed by atoms with Gasteiger partial charge in [0.1, 0.15) is 5.82 Å². The van der Waals surface area contributed by atoms with Crippen molar-refractivity contribution in [2.24, 2.45) is 0 Å². The van der Waals surface area contributed by atoms with Crippen molar-refractivity contribution >= 4 is 0 Å². The second-order valence-electron chi connectivity index (χ2n) is 8.48. The van der Waals surface area contributed by atoms with Crippen LogP contribution >= 0.6 is 0 Å². The minimum atomic E-state index is -0.210. The van der Waals surface area contributed by atoms with E-state index in [1.807, 2.05) is 6.07 Å². The fraction of sp³-hybridized carbons (Fsp3) is 0.407. The maximum atomic E-state index is 14.1. The summed E-state index contributed by atoms with van der Waals surface area (Å²) in [5, 5.41) is 0. The van der Waals surface area contributed by atoms with Crippen LogP contribution < -0.4 is 9.47 Å². The molecule has 1 atom stereocenters. The number of fused-ring (bicyclic) bond motifs is 1. The maximum absolute atomic E-state index is 14.1. The highest BCUT2D eigenvalue weighted by atomic mass is 19.1. The zero-order valence-corrected chi connectivity index (χ0v) is 19.4. The van der Waals surface area contributed by atoms with Crippen molar-refractivity contribution in [3.8, 4) is 11.5 Å². The van der Waals surface area contributed by atoms with Gasteiger partial charge >= 0.3 is 0 Å². The van der Waals surface area contributed by atoms with E-state index in [-0.39, 0.29) is 11.9 Å². The predicted molar refractivity (Wildman–Crippen MR) is 125 cm³/mol. The van der Waals surface area contributed by atoms with Crippen molar-refractivity contribution in [2.75, 3.05) is 27.3 Å². The minimum absolute atomic E-state index is 0.0268. The Balaban J connectivity index is 1.94. The lowest BCUT2D eigenvalue weighted by molar-refractivity contribution is 0.234. The largest absolute Gasteiger partial charge is 0.493 e. The molecular formula is C27H34FNO2. The van der Waals surface area contributed by atoms with Crippen molar-refractivity contribution in [1.29, 1.82) is 0 Å². The first-order chi connectivity index (χ1) is 14.9. The molecule has 1 heterocycles. The van der Waals surface area contributed by atoms with Crippen LogP contribution in [-0.4, -0.2) is 32.2 Å². The van der Waals surface area contributed by atoms with Gasteiger partial charge in [-0.25, -0.2) is 4.39 Å². The predicted octanol–water partition coefficient (Wildman–Crippen LogP) is 6.48. The lowest BCUT2D eigenvalue weighted by Gasteiger charge is -2.37. The number of rotatable bonds is 8. The topological polar surface area (TPSA) is 21.7 Å². The molecular weight excluding hydrogens is 389 g/mol. The molecule has 3 nitrogen and oxygen atoms in total. The molecule has 0 unspecified atom stereocenters. The highest BCUT2D eigenvalue weighted by Crippen LogP contribution is 2.41. The molecule has 0 amide bonds. The molecule has 4 heteroatoms. The molecule has 0 radical (unpaired) electrons. The summed E-state index contributed by atoms with van der Waals surface area (Å²) in [5.41, 5.74) is 6.09. The minimum Gasteiger partial charge on any atom is -0.493 e. The van der Waals surface area contributed by atoms with E-state index in [1.165, 1.54) is 22.8 Å². The molecule has 3 rings (SSSR count). The van der Waals surface area contributed by atoms with Gasteiger partial charge in [0.25, 0.3) is 0 Å². The van der Waals surface area contributed by atoms with Crippen LogP contribution in [-0.2, 0) is 6.42 Å². The van der Waals surface area contributed by atoms with E-state index in [4.69, 9.17) is 9.47 Å². The van der Waals surface area contributed by atoms with E-state index in [0.717, 1.165) is 49.2 Å². The van der Waals surface area contributed by atoms with E-state index >= 15 is 0 Å². The molecule has 1 aliphatic rings. The van der Waals surface area contributed by atoms with Crippen LogP contribution in [0.4, 0.5) is 4.39 Å². The van der Waals surface area contributed by atoms with Crippen LogP contribution in [0.5, 0.6) is 11.5 Å². The van der Waals surface area contributed by atoms with Crippen molar-refractivity contribution in [2.45, 2.75) is 46.1 Å². The molecule has 0 saturated heterocycles. The molecule has 31 heavy (non-hydrogen) atoms. The van der Waals surface area contributed by atoms with Crippen LogP contribution in [0.25, 0.3) is 0 Å². The highest BCUT2D eigenvalue weighted by molar-refractivity contribution is 5.51. The number of nitrogens with zero attached hydrogens (tertiary/aromatic N) is 1. The first-order valence-electron chi connectivity index (χ1n) is 11.0. The van der Waals surface area contributed by atoms with Crippen molar-refractivity contribution in [1.82, 2.24) is 4.90 Å². The van der Waals surface area contributed by atoms with Gasteiger partial charge in [-0.15, -0.1) is 0 Å². The van der Waals surface area contributed by atoms with E-state index < -0.39 is 0 Å². The van der Waals surface area contributed by atoms with E-state index in [9.17, 15) is 4.39 Å². The Bertz CT molecular complexity index is 960. The summed E-state index contributed by atoms with van der Waals surface area (Å²) in [6.45, 7) is 8.20. The van der Waals surface area contributed by atoms with E-state index in [0.29, 0.717) is 5.75 Å². The Hall–Kier alpha value is -2.59. The first kappa shape index (κ1) is 23.1. The number of halogens is 1. The van der Waals surface area contributed by atoms with Gasteiger partial charge in [0.15, 0.2) is 11.5 Å². The highest BCUT2D eigenvalue weighted by Gasteiger charge is 2.30. The Morgan fingerprint density at radius 2 is 1.81 bits per heavy atom. The smallest absolute Gasteiger partial charge is 0.161 e. The molecule has 0 bridgehead atoms. The fourth-order valence-corrected chi connectivity index (χ4v) is 4.23. The molecule has 2 aromatic rings. The van der Waals surface area contributed by atoms with Gasteiger partial charge in [0.05, 0.1) is 20.3 Å². The van der Waals surface area contributed by atoms with Crippen LogP contribution in [0.1, 0.15) is 56.3 Å². The molecule has 1 aliphatic heterocycles. The number of benzene rings is 2. The zero-order chi connectivity index (χ0) is 22.4. The van der Waals surface area contributed by atoms with Crippen LogP contribution in [0.2, 0.25) is 0 Å². The van der Waals surface area contributed by atoms with Gasteiger partial charge in [0, 0.05) is 13.1 Å². The normalized spacial score (nSPS) is 16.6. The lowest BCUT2D eigenvalue weighted by atomic mass is 9.87. The molecule has 0 aromatic heterocycles. The Labute approximate surface area is 186 Å². The Morgan fingerprint density at radius 3 is 2.48 bits per heavy atom. The molecule has 0 fully saturated rings. The van der Waals surface area contributed by atoms with E-state index in [2.05, 4.69) is 50.0 Å². The SMILES string of the molecule is COc1cc2c(cc1OC)[C@H](c1cccc(F)c1)N(C/C=C(\C)CCC=C(C)C)CC2. The summed E-state index contributed by atoms with van der Waals surface area (Å²) in [5.74, 6) is 1.24. The third-order valence-electron chi connectivity index (χ3n) is 5.90. The number of methoxy groups -OCH3 is 2. The average molecular weight is 424 g/mol. The summed E-state index contributed by atoms with van der Waals surface area (Å²) < 4.78 is 25.2. The standard InChI is InChI=1S/C27H34FNO2/c1-19(2)8-6-9-20(3)12-14-29-15-13-21-17-25(30-4)26(31-5)18-24(21)27(29)22-10-7-11-23(28)16-22/h7-8,10-12,16-18,27H,6,9,13-15H2,1-5H3/b20-12+/t27-/m0/s1. The molecule has 2 aromatic carbocycles. The summed E-state index contributed by atoms with van der Waals surface area (Å²) >= 11 is 0. The summed E-state index contributed by atoms with van der Waals surface area (Å²) in [6, 6.07) is 11.0.